The van der Waals surface area contributed by atoms with Gasteiger partial charge in [0, 0.05) is 18.2 Å². The second kappa shape index (κ2) is 3.84. The molecule has 0 saturated heterocycles. The standard InChI is InChI=1S/C7H7BrFNO2/c8-5-1-4(3-10-12)6(9)2-7(5)11/h1-2,10-12H,3H2. The molecule has 0 aliphatic rings. The van der Waals surface area contributed by atoms with E-state index in [2.05, 4.69) is 15.9 Å². The van der Waals surface area contributed by atoms with E-state index in [4.69, 9.17) is 10.3 Å². The minimum atomic E-state index is -0.558. The van der Waals surface area contributed by atoms with Gasteiger partial charge in [-0.05, 0) is 22.0 Å². The van der Waals surface area contributed by atoms with E-state index in [1.807, 2.05) is 5.48 Å². The van der Waals surface area contributed by atoms with Crippen molar-refractivity contribution in [3.63, 3.8) is 0 Å². The Morgan fingerprint density at radius 3 is 2.75 bits per heavy atom. The molecule has 3 nitrogen and oxygen atoms in total. The van der Waals surface area contributed by atoms with Crippen LogP contribution in [-0.4, -0.2) is 10.3 Å². The second-order valence-corrected chi connectivity index (χ2v) is 3.08. The average molecular weight is 236 g/mol. The summed E-state index contributed by atoms with van der Waals surface area (Å²) >= 11 is 3.02. The van der Waals surface area contributed by atoms with Gasteiger partial charge in [-0.15, -0.1) is 0 Å². The highest BCUT2D eigenvalue weighted by molar-refractivity contribution is 9.10. The van der Waals surface area contributed by atoms with E-state index >= 15 is 0 Å². The molecule has 1 rings (SSSR count). The zero-order valence-electron chi connectivity index (χ0n) is 6.01. The van der Waals surface area contributed by atoms with Crippen molar-refractivity contribution >= 4 is 15.9 Å². The van der Waals surface area contributed by atoms with Crippen molar-refractivity contribution in [2.24, 2.45) is 0 Å². The van der Waals surface area contributed by atoms with Gasteiger partial charge in [-0.3, -0.25) is 0 Å². The maximum Gasteiger partial charge on any atom is 0.132 e. The van der Waals surface area contributed by atoms with Crippen molar-refractivity contribution in [2.45, 2.75) is 6.54 Å². The van der Waals surface area contributed by atoms with Crippen molar-refractivity contribution in [2.75, 3.05) is 0 Å². The molecular formula is C7H7BrFNO2. The van der Waals surface area contributed by atoms with Gasteiger partial charge in [-0.1, -0.05) is 0 Å². The predicted molar refractivity (Wildman–Crippen MR) is 44.4 cm³/mol. The van der Waals surface area contributed by atoms with Gasteiger partial charge in [0.2, 0.25) is 0 Å². The van der Waals surface area contributed by atoms with Crippen molar-refractivity contribution in [1.82, 2.24) is 5.48 Å². The first kappa shape index (κ1) is 9.44. The van der Waals surface area contributed by atoms with Crippen LogP contribution in [0, 0.1) is 5.82 Å². The number of benzene rings is 1. The quantitative estimate of drug-likeness (QED) is 0.686. The second-order valence-electron chi connectivity index (χ2n) is 2.23. The maximum absolute atomic E-state index is 12.9. The number of nitrogens with one attached hydrogen (secondary N) is 1. The highest BCUT2D eigenvalue weighted by Crippen LogP contribution is 2.26. The molecule has 0 aliphatic carbocycles. The Bertz CT molecular complexity index is 293. The Labute approximate surface area is 76.9 Å². The molecule has 0 spiro atoms. The fourth-order valence-electron chi connectivity index (χ4n) is 0.798. The molecule has 0 radical (unpaired) electrons. The van der Waals surface area contributed by atoms with Crippen molar-refractivity contribution < 1.29 is 14.7 Å². The van der Waals surface area contributed by atoms with Gasteiger partial charge < -0.3 is 10.3 Å². The van der Waals surface area contributed by atoms with Gasteiger partial charge in [0.15, 0.2) is 0 Å². The molecule has 66 valence electrons. The molecular weight excluding hydrogens is 229 g/mol. The highest BCUT2D eigenvalue weighted by Gasteiger charge is 2.06. The summed E-state index contributed by atoms with van der Waals surface area (Å²) in [7, 11) is 0. The third kappa shape index (κ3) is 1.94. The highest BCUT2D eigenvalue weighted by atomic mass is 79.9. The molecule has 0 amide bonds. The van der Waals surface area contributed by atoms with E-state index < -0.39 is 5.82 Å². The van der Waals surface area contributed by atoms with Gasteiger partial charge in [-0.2, -0.15) is 0 Å². The summed E-state index contributed by atoms with van der Waals surface area (Å²) < 4.78 is 13.3. The molecule has 5 heteroatoms. The molecule has 1 aromatic rings. The summed E-state index contributed by atoms with van der Waals surface area (Å²) in [6, 6.07) is 2.38. The molecule has 0 bridgehead atoms. The summed E-state index contributed by atoms with van der Waals surface area (Å²) in [5.74, 6) is -0.716. The minimum absolute atomic E-state index is 0.00468. The van der Waals surface area contributed by atoms with Gasteiger partial charge in [0.05, 0.1) is 4.47 Å². The van der Waals surface area contributed by atoms with Crippen LogP contribution in [0.4, 0.5) is 4.39 Å². The lowest BCUT2D eigenvalue weighted by Crippen LogP contribution is -2.07. The zero-order chi connectivity index (χ0) is 9.14. The van der Waals surface area contributed by atoms with Crippen LogP contribution in [0.2, 0.25) is 0 Å². The summed E-state index contributed by atoms with van der Waals surface area (Å²) in [6.45, 7) is 0.00468. The van der Waals surface area contributed by atoms with Crippen LogP contribution in [-0.2, 0) is 6.54 Å². The first-order valence-electron chi connectivity index (χ1n) is 3.19. The van der Waals surface area contributed by atoms with Gasteiger partial charge in [-0.25, -0.2) is 9.87 Å². The number of hydrogen-bond acceptors (Lipinski definition) is 3. The number of phenols is 1. The summed E-state index contributed by atoms with van der Waals surface area (Å²) in [5.41, 5.74) is 2.11. The summed E-state index contributed by atoms with van der Waals surface area (Å²) in [4.78, 5) is 0. The zero-order valence-corrected chi connectivity index (χ0v) is 7.60. The van der Waals surface area contributed by atoms with Crippen LogP contribution in [0.5, 0.6) is 5.75 Å². The number of phenolic OH excluding ortho intramolecular Hbond substituents is 1. The topological polar surface area (TPSA) is 52.5 Å². The lowest BCUT2D eigenvalue weighted by molar-refractivity contribution is 0.160. The number of aromatic hydroxyl groups is 1. The van der Waals surface area contributed by atoms with Crippen molar-refractivity contribution in [1.29, 1.82) is 0 Å². The van der Waals surface area contributed by atoms with Gasteiger partial charge >= 0.3 is 0 Å². The van der Waals surface area contributed by atoms with Crippen LogP contribution >= 0.6 is 15.9 Å². The fraction of sp³-hybridized carbons (Fsp3) is 0.143. The van der Waals surface area contributed by atoms with Crippen LogP contribution < -0.4 is 5.48 Å². The maximum atomic E-state index is 12.9. The van der Waals surface area contributed by atoms with E-state index in [1.54, 1.807) is 0 Å². The Hall–Kier alpha value is -0.650. The molecule has 0 fully saturated rings. The van der Waals surface area contributed by atoms with E-state index in [1.165, 1.54) is 6.07 Å². The first-order valence-corrected chi connectivity index (χ1v) is 3.98. The smallest absolute Gasteiger partial charge is 0.132 e. The van der Waals surface area contributed by atoms with Gasteiger partial charge in [0.1, 0.15) is 11.6 Å². The third-order valence-electron chi connectivity index (χ3n) is 1.39. The minimum Gasteiger partial charge on any atom is -0.507 e. The molecule has 0 saturated carbocycles. The number of hydroxylamine groups is 1. The Morgan fingerprint density at radius 2 is 2.17 bits per heavy atom. The monoisotopic (exact) mass is 235 g/mol. The van der Waals surface area contributed by atoms with Crippen molar-refractivity contribution in [3.8, 4) is 5.75 Å². The summed E-state index contributed by atoms with van der Waals surface area (Å²) in [6.07, 6.45) is 0. The lowest BCUT2D eigenvalue weighted by atomic mass is 10.2. The molecule has 0 atom stereocenters. The Kier molecular flexibility index (Phi) is 3.02. The third-order valence-corrected chi connectivity index (χ3v) is 2.02. The Morgan fingerprint density at radius 1 is 1.50 bits per heavy atom. The van der Waals surface area contributed by atoms with E-state index in [-0.39, 0.29) is 17.9 Å². The molecule has 3 N–H and O–H groups in total. The first-order chi connectivity index (χ1) is 5.65. The van der Waals surface area contributed by atoms with E-state index in [9.17, 15) is 4.39 Å². The molecule has 0 unspecified atom stereocenters. The molecule has 0 aliphatic heterocycles. The summed E-state index contributed by atoms with van der Waals surface area (Å²) in [5, 5.41) is 17.3. The Balaban J connectivity index is 3.05. The number of hydrogen-bond donors (Lipinski definition) is 3. The molecule has 0 heterocycles. The number of rotatable bonds is 2. The predicted octanol–water partition coefficient (Wildman–Crippen LogP) is 1.77. The lowest BCUT2D eigenvalue weighted by Gasteiger charge is -2.03. The number of halogens is 2. The van der Waals surface area contributed by atoms with Gasteiger partial charge in [0.25, 0.3) is 0 Å². The van der Waals surface area contributed by atoms with E-state index in [0.717, 1.165) is 6.07 Å². The van der Waals surface area contributed by atoms with Crippen LogP contribution in [0.3, 0.4) is 0 Å². The van der Waals surface area contributed by atoms with E-state index in [0.29, 0.717) is 4.47 Å². The largest absolute Gasteiger partial charge is 0.507 e. The van der Waals surface area contributed by atoms with Crippen LogP contribution in [0.15, 0.2) is 16.6 Å². The van der Waals surface area contributed by atoms with Crippen LogP contribution in [0.25, 0.3) is 0 Å². The molecule has 12 heavy (non-hydrogen) atoms. The fourth-order valence-corrected chi connectivity index (χ4v) is 1.19. The normalized spacial score (nSPS) is 10.2. The SMILES string of the molecule is ONCc1cc(Br)c(O)cc1F. The van der Waals surface area contributed by atoms with Crippen molar-refractivity contribution in [3.05, 3.63) is 28.0 Å². The molecule has 0 aromatic heterocycles. The van der Waals surface area contributed by atoms with Crippen LogP contribution in [0.1, 0.15) is 5.56 Å². The molecule has 1 aromatic carbocycles. The average Bonchev–Trinajstić information content (AvgIpc) is 2.01.